The number of halogens is 3. The fourth-order valence-electron chi connectivity index (χ4n) is 3.17. The number of anilines is 3. The Kier molecular flexibility index (Phi) is 6.65. The van der Waals surface area contributed by atoms with Crippen LogP contribution in [0.15, 0.2) is 48.9 Å². The van der Waals surface area contributed by atoms with Crippen molar-refractivity contribution in [3.63, 3.8) is 0 Å². The summed E-state index contributed by atoms with van der Waals surface area (Å²) < 4.78 is 44.9. The number of nitrogens with one attached hydrogen (secondary N) is 2. The lowest BCUT2D eigenvalue weighted by atomic mass is 10.1. The predicted octanol–water partition coefficient (Wildman–Crippen LogP) is 5.64. The maximum Gasteiger partial charge on any atom is 0.435 e. The molecule has 180 valence electrons. The lowest BCUT2D eigenvalue weighted by molar-refractivity contribution is -0.141. The van der Waals surface area contributed by atoms with Crippen LogP contribution >= 0.6 is 11.3 Å². The minimum absolute atomic E-state index is 0.150. The molecule has 3 heterocycles. The van der Waals surface area contributed by atoms with Crippen molar-refractivity contribution in [3.05, 3.63) is 70.1 Å². The van der Waals surface area contributed by atoms with Crippen molar-refractivity contribution in [2.75, 3.05) is 17.7 Å². The van der Waals surface area contributed by atoms with Gasteiger partial charge in [0.15, 0.2) is 5.69 Å². The van der Waals surface area contributed by atoms with Crippen molar-refractivity contribution in [2.45, 2.75) is 20.0 Å². The summed E-state index contributed by atoms with van der Waals surface area (Å²) in [7, 11) is 1.54. The smallest absolute Gasteiger partial charge is 0.435 e. The summed E-state index contributed by atoms with van der Waals surface area (Å²) in [6.07, 6.45) is 0.0819. The third-order valence-corrected chi connectivity index (χ3v) is 5.82. The van der Waals surface area contributed by atoms with Crippen LogP contribution in [0.4, 0.5) is 30.5 Å². The Labute approximate surface area is 202 Å². The Morgan fingerprint density at radius 1 is 1.09 bits per heavy atom. The normalized spacial score (nSPS) is 11.3. The monoisotopic (exact) mass is 500 g/mol. The van der Waals surface area contributed by atoms with Gasteiger partial charge < -0.3 is 15.4 Å². The number of carbonyl (C=O) groups excluding carboxylic acids is 1. The predicted molar refractivity (Wildman–Crippen MR) is 126 cm³/mol. The number of nitrogens with zero attached hydrogens (tertiary/aromatic N) is 4. The maximum atomic E-state index is 13.2. The minimum Gasteiger partial charge on any atom is -0.495 e. The van der Waals surface area contributed by atoms with Crippen molar-refractivity contribution in [2.24, 2.45) is 0 Å². The summed E-state index contributed by atoms with van der Waals surface area (Å²) in [5.74, 6) is -0.0180. The fraction of sp³-hybridized carbons (Fsp3) is 0.174. The molecule has 4 rings (SSSR count). The summed E-state index contributed by atoms with van der Waals surface area (Å²) in [5, 5.41) is 5.76. The average Bonchev–Trinajstić information content (AvgIpc) is 3.24. The Morgan fingerprint density at radius 2 is 1.89 bits per heavy atom. The molecule has 3 aromatic heterocycles. The number of benzene rings is 1. The number of carbonyl (C=O) groups is 1. The molecule has 0 fully saturated rings. The van der Waals surface area contributed by atoms with Crippen LogP contribution in [-0.4, -0.2) is 33.0 Å². The third kappa shape index (κ3) is 5.54. The molecule has 1 amide bonds. The van der Waals surface area contributed by atoms with Crippen LogP contribution in [0.3, 0.4) is 0 Å². The zero-order valence-electron chi connectivity index (χ0n) is 18.8. The highest BCUT2D eigenvalue weighted by Gasteiger charge is 2.39. The van der Waals surface area contributed by atoms with Crippen molar-refractivity contribution in [1.29, 1.82) is 0 Å². The standard InChI is InChI=1S/C23H19F3N6O2S/c1-12-4-5-15(30-21(33)19-20(23(24,25)26)29-13(2)35-19)9-18(12)32-22-28-7-6-17(31-22)14-8-16(34-3)11-27-10-14/h4-11H,1-3H3,(H,30,33)(H,28,31,32). The van der Waals surface area contributed by atoms with Crippen LogP contribution in [0.25, 0.3) is 11.3 Å². The van der Waals surface area contributed by atoms with Gasteiger partial charge in [0, 0.05) is 29.3 Å². The SMILES string of the molecule is COc1cncc(-c2ccnc(Nc3cc(NC(=O)c4sc(C)nc4C(F)(F)F)ccc3C)n2)c1. The van der Waals surface area contributed by atoms with E-state index in [1.54, 1.807) is 56.0 Å². The minimum atomic E-state index is -4.72. The number of methoxy groups -OCH3 is 1. The second kappa shape index (κ2) is 9.66. The second-order valence-corrected chi connectivity index (χ2v) is 8.60. The largest absolute Gasteiger partial charge is 0.495 e. The summed E-state index contributed by atoms with van der Waals surface area (Å²) in [5.41, 5.74) is 1.82. The summed E-state index contributed by atoms with van der Waals surface area (Å²) in [6, 6.07) is 8.42. The van der Waals surface area contributed by atoms with Gasteiger partial charge in [-0.3, -0.25) is 9.78 Å². The highest BCUT2D eigenvalue weighted by molar-refractivity contribution is 7.13. The summed E-state index contributed by atoms with van der Waals surface area (Å²) in [6.45, 7) is 3.25. The second-order valence-electron chi connectivity index (χ2n) is 7.40. The Balaban J connectivity index is 1.57. The Bertz CT molecular complexity index is 1390. The van der Waals surface area contributed by atoms with Gasteiger partial charge in [0.25, 0.3) is 5.91 Å². The number of thiazole rings is 1. The topological polar surface area (TPSA) is 102 Å². The lowest BCUT2D eigenvalue weighted by Crippen LogP contribution is -2.17. The van der Waals surface area contributed by atoms with Crippen LogP contribution < -0.4 is 15.4 Å². The first-order chi connectivity index (χ1) is 16.6. The van der Waals surface area contributed by atoms with Gasteiger partial charge in [-0.1, -0.05) is 6.07 Å². The number of hydrogen-bond acceptors (Lipinski definition) is 8. The Hall–Kier alpha value is -4.06. The molecule has 1 aromatic carbocycles. The molecule has 8 nitrogen and oxygen atoms in total. The third-order valence-electron chi connectivity index (χ3n) is 4.85. The van der Waals surface area contributed by atoms with E-state index in [0.29, 0.717) is 34.2 Å². The molecule has 0 aliphatic rings. The lowest BCUT2D eigenvalue weighted by Gasteiger charge is -2.12. The van der Waals surface area contributed by atoms with Gasteiger partial charge in [0.05, 0.1) is 24.0 Å². The van der Waals surface area contributed by atoms with E-state index in [1.807, 2.05) is 6.92 Å². The zero-order valence-corrected chi connectivity index (χ0v) is 19.6. The number of aromatic nitrogens is 4. The van der Waals surface area contributed by atoms with Gasteiger partial charge in [0.1, 0.15) is 10.6 Å². The van der Waals surface area contributed by atoms with Gasteiger partial charge in [-0.25, -0.2) is 15.0 Å². The molecular formula is C23H19F3N6O2S. The average molecular weight is 501 g/mol. The molecule has 0 unspecified atom stereocenters. The molecule has 2 N–H and O–H groups in total. The van der Waals surface area contributed by atoms with E-state index < -0.39 is 22.7 Å². The zero-order chi connectivity index (χ0) is 25.2. The number of aryl methyl sites for hydroxylation is 2. The molecule has 0 bridgehead atoms. The van der Waals surface area contributed by atoms with E-state index in [1.165, 1.54) is 6.92 Å². The number of amides is 1. The molecular weight excluding hydrogens is 481 g/mol. The number of rotatable bonds is 6. The fourth-order valence-corrected chi connectivity index (χ4v) is 4.00. The van der Waals surface area contributed by atoms with Crippen LogP contribution in [0, 0.1) is 13.8 Å². The van der Waals surface area contributed by atoms with Crippen molar-refractivity contribution >= 4 is 34.6 Å². The first-order valence-corrected chi connectivity index (χ1v) is 11.0. The van der Waals surface area contributed by atoms with Gasteiger partial charge >= 0.3 is 6.18 Å². The van der Waals surface area contributed by atoms with Crippen LogP contribution in [0.1, 0.15) is 25.9 Å². The summed E-state index contributed by atoms with van der Waals surface area (Å²) in [4.78, 5) is 28.4. The number of ether oxygens (including phenoxy) is 1. The number of alkyl halides is 3. The van der Waals surface area contributed by atoms with Gasteiger partial charge in [-0.2, -0.15) is 13.2 Å². The van der Waals surface area contributed by atoms with E-state index in [0.717, 1.165) is 11.1 Å². The van der Waals surface area contributed by atoms with Crippen LogP contribution in [0.5, 0.6) is 5.75 Å². The molecule has 0 aliphatic heterocycles. The Morgan fingerprint density at radius 3 is 2.63 bits per heavy atom. The highest BCUT2D eigenvalue weighted by Crippen LogP contribution is 2.35. The van der Waals surface area contributed by atoms with E-state index in [2.05, 4.69) is 30.6 Å². The molecule has 0 saturated carbocycles. The van der Waals surface area contributed by atoms with E-state index in [4.69, 9.17) is 4.74 Å². The molecule has 0 radical (unpaired) electrons. The molecule has 35 heavy (non-hydrogen) atoms. The van der Waals surface area contributed by atoms with Crippen molar-refractivity contribution in [1.82, 2.24) is 19.9 Å². The van der Waals surface area contributed by atoms with Crippen molar-refractivity contribution in [3.8, 4) is 17.0 Å². The molecule has 0 saturated heterocycles. The first kappa shape index (κ1) is 24.1. The molecule has 0 aliphatic carbocycles. The van der Waals surface area contributed by atoms with Gasteiger partial charge in [-0.05, 0) is 43.7 Å². The number of pyridine rings is 1. The first-order valence-electron chi connectivity index (χ1n) is 10.2. The van der Waals surface area contributed by atoms with Crippen LogP contribution in [0.2, 0.25) is 0 Å². The molecule has 0 atom stereocenters. The van der Waals surface area contributed by atoms with Crippen molar-refractivity contribution < 1.29 is 22.7 Å². The van der Waals surface area contributed by atoms with Crippen LogP contribution in [-0.2, 0) is 6.18 Å². The van der Waals surface area contributed by atoms with Gasteiger partial charge in [0.2, 0.25) is 5.95 Å². The summed E-state index contributed by atoms with van der Waals surface area (Å²) >= 11 is 0.688. The number of hydrogen-bond donors (Lipinski definition) is 2. The molecule has 4 aromatic rings. The van der Waals surface area contributed by atoms with Gasteiger partial charge in [-0.15, -0.1) is 11.3 Å². The maximum absolute atomic E-state index is 13.2. The molecule has 0 spiro atoms. The van der Waals surface area contributed by atoms with E-state index in [9.17, 15) is 18.0 Å². The quantitative estimate of drug-likeness (QED) is 0.353. The highest BCUT2D eigenvalue weighted by atomic mass is 32.1. The molecule has 12 heteroatoms. The van der Waals surface area contributed by atoms with E-state index >= 15 is 0 Å². The van der Waals surface area contributed by atoms with E-state index in [-0.39, 0.29) is 11.0 Å².